The van der Waals surface area contributed by atoms with Crippen molar-refractivity contribution in [1.29, 1.82) is 0 Å². The minimum atomic E-state index is -0.171. The quantitative estimate of drug-likeness (QED) is 0.933. The molecule has 1 aliphatic rings. The van der Waals surface area contributed by atoms with Gasteiger partial charge in [-0.05, 0) is 25.1 Å². The lowest BCUT2D eigenvalue weighted by atomic mass is 9.99. The van der Waals surface area contributed by atoms with Crippen LogP contribution in [0.25, 0.3) is 0 Å². The van der Waals surface area contributed by atoms with Gasteiger partial charge in [0.25, 0.3) is 0 Å². The Hall–Kier alpha value is -1.65. The van der Waals surface area contributed by atoms with Crippen LogP contribution in [-0.2, 0) is 0 Å². The van der Waals surface area contributed by atoms with Crippen molar-refractivity contribution in [3.05, 3.63) is 59.3 Å². The van der Waals surface area contributed by atoms with E-state index in [4.69, 9.17) is 4.42 Å². The fourth-order valence-electron chi connectivity index (χ4n) is 2.79. The van der Waals surface area contributed by atoms with Crippen LogP contribution in [0, 0.1) is 12.7 Å². The van der Waals surface area contributed by atoms with Gasteiger partial charge in [-0.25, -0.2) is 4.39 Å². The van der Waals surface area contributed by atoms with E-state index in [0.29, 0.717) is 5.56 Å². The highest BCUT2D eigenvalue weighted by Gasteiger charge is 2.28. The third kappa shape index (κ3) is 2.62. The van der Waals surface area contributed by atoms with Gasteiger partial charge in [0.2, 0.25) is 0 Å². The van der Waals surface area contributed by atoms with Crippen molar-refractivity contribution in [2.24, 2.45) is 0 Å². The standard InChI is InChI=1S/C16H19FN2O/c1-12-4-5-14(17)13(11-12)16(15-3-2-10-20-15)19-8-6-18-7-9-19/h2-5,10-11,16,18H,6-9H2,1H3/t16-/m1/s1. The third-order valence-corrected chi connectivity index (χ3v) is 3.78. The Balaban J connectivity index is 2.02. The number of aryl methyl sites for hydroxylation is 1. The molecule has 0 saturated carbocycles. The number of piperazine rings is 1. The molecule has 0 spiro atoms. The molecule has 2 aromatic rings. The molecular weight excluding hydrogens is 255 g/mol. The highest BCUT2D eigenvalue weighted by Crippen LogP contribution is 2.31. The van der Waals surface area contributed by atoms with Gasteiger partial charge in [-0.2, -0.15) is 0 Å². The predicted molar refractivity (Wildman–Crippen MR) is 76.1 cm³/mol. The Kier molecular flexibility index (Phi) is 3.85. The van der Waals surface area contributed by atoms with Gasteiger partial charge < -0.3 is 9.73 Å². The van der Waals surface area contributed by atoms with Crippen LogP contribution in [0.1, 0.15) is 22.9 Å². The van der Waals surface area contributed by atoms with Crippen molar-refractivity contribution in [1.82, 2.24) is 10.2 Å². The van der Waals surface area contributed by atoms with E-state index >= 15 is 0 Å². The predicted octanol–water partition coefficient (Wildman–Crippen LogP) is 2.72. The van der Waals surface area contributed by atoms with Gasteiger partial charge in [-0.1, -0.05) is 17.7 Å². The fourth-order valence-corrected chi connectivity index (χ4v) is 2.79. The molecule has 4 heteroatoms. The number of halogens is 1. The summed E-state index contributed by atoms with van der Waals surface area (Å²) in [6.07, 6.45) is 1.65. The van der Waals surface area contributed by atoms with Crippen LogP contribution in [-0.4, -0.2) is 31.1 Å². The average molecular weight is 274 g/mol. The molecule has 1 aromatic heterocycles. The number of hydrogen-bond donors (Lipinski definition) is 1. The summed E-state index contributed by atoms with van der Waals surface area (Å²) in [5, 5.41) is 3.33. The molecule has 1 N–H and O–H groups in total. The molecule has 0 unspecified atom stereocenters. The van der Waals surface area contributed by atoms with E-state index in [0.717, 1.165) is 37.5 Å². The molecule has 1 atom stereocenters. The number of furan rings is 1. The van der Waals surface area contributed by atoms with Gasteiger partial charge in [0.05, 0.1) is 12.3 Å². The zero-order valence-corrected chi connectivity index (χ0v) is 11.6. The van der Waals surface area contributed by atoms with Crippen molar-refractivity contribution in [2.45, 2.75) is 13.0 Å². The second-order valence-electron chi connectivity index (χ2n) is 5.23. The fraction of sp³-hybridized carbons (Fsp3) is 0.375. The van der Waals surface area contributed by atoms with Crippen LogP contribution < -0.4 is 5.32 Å². The smallest absolute Gasteiger partial charge is 0.128 e. The van der Waals surface area contributed by atoms with Gasteiger partial charge in [0.1, 0.15) is 11.6 Å². The van der Waals surface area contributed by atoms with Gasteiger partial charge in [-0.3, -0.25) is 4.90 Å². The first-order chi connectivity index (χ1) is 9.75. The molecule has 1 aromatic carbocycles. The van der Waals surface area contributed by atoms with E-state index in [2.05, 4.69) is 10.2 Å². The van der Waals surface area contributed by atoms with Crippen LogP contribution in [0.4, 0.5) is 4.39 Å². The molecule has 0 amide bonds. The zero-order valence-electron chi connectivity index (χ0n) is 11.6. The first kappa shape index (κ1) is 13.3. The minimum Gasteiger partial charge on any atom is -0.467 e. The lowest BCUT2D eigenvalue weighted by molar-refractivity contribution is 0.177. The lowest BCUT2D eigenvalue weighted by Gasteiger charge is -2.34. The van der Waals surface area contributed by atoms with E-state index in [-0.39, 0.29) is 11.9 Å². The van der Waals surface area contributed by atoms with Crippen molar-refractivity contribution >= 4 is 0 Å². The summed E-state index contributed by atoms with van der Waals surface area (Å²) in [5.41, 5.74) is 1.76. The number of benzene rings is 1. The highest BCUT2D eigenvalue weighted by atomic mass is 19.1. The SMILES string of the molecule is Cc1ccc(F)c([C@H](c2ccco2)N2CCNCC2)c1. The van der Waals surface area contributed by atoms with E-state index in [1.807, 2.05) is 25.1 Å². The Morgan fingerprint density at radius 1 is 1.25 bits per heavy atom. The summed E-state index contributed by atoms with van der Waals surface area (Å²) in [5.74, 6) is 0.631. The number of nitrogens with zero attached hydrogens (tertiary/aromatic N) is 1. The number of hydrogen-bond acceptors (Lipinski definition) is 3. The molecule has 1 aliphatic heterocycles. The second-order valence-corrected chi connectivity index (χ2v) is 5.23. The van der Waals surface area contributed by atoms with E-state index in [1.54, 1.807) is 18.4 Å². The maximum absolute atomic E-state index is 14.3. The molecule has 2 heterocycles. The van der Waals surface area contributed by atoms with Crippen molar-refractivity contribution in [3.8, 4) is 0 Å². The summed E-state index contributed by atoms with van der Waals surface area (Å²) in [7, 11) is 0. The molecule has 106 valence electrons. The normalized spacial score (nSPS) is 18.1. The molecule has 20 heavy (non-hydrogen) atoms. The maximum Gasteiger partial charge on any atom is 0.128 e. The Morgan fingerprint density at radius 2 is 2.05 bits per heavy atom. The average Bonchev–Trinajstić information content (AvgIpc) is 2.98. The maximum atomic E-state index is 14.3. The third-order valence-electron chi connectivity index (χ3n) is 3.78. The molecule has 1 saturated heterocycles. The first-order valence-electron chi connectivity index (χ1n) is 7.00. The van der Waals surface area contributed by atoms with Crippen molar-refractivity contribution in [2.75, 3.05) is 26.2 Å². The summed E-state index contributed by atoms with van der Waals surface area (Å²) in [6.45, 7) is 5.60. The van der Waals surface area contributed by atoms with Crippen LogP contribution in [0.15, 0.2) is 41.0 Å². The van der Waals surface area contributed by atoms with Crippen LogP contribution in [0.3, 0.4) is 0 Å². The van der Waals surface area contributed by atoms with Gasteiger partial charge in [0.15, 0.2) is 0 Å². The van der Waals surface area contributed by atoms with Gasteiger partial charge in [-0.15, -0.1) is 0 Å². The Morgan fingerprint density at radius 3 is 2.75 bits per heavy atom. The van der Waals surface area contributed by atoms with E-state index < -0.39 is 0 Å². The zero-order chi connectivity index (χ0) is 13.9. The molecule has 1 fully saturated rings. The Bertz CT molecular complexity index is 562. The van der Waals surface area contributed by atoms with Crippen molar-refractivity contribution in [3.63, 3.8) is 0 Å². The van der Waals surface area contributed by atoms with Crippen LogP contribution >= 0.6 is 0 Å². The number of nitrogens with one attached hydrogen (secondary N) is 1. The van der Waals surface area contributed by atoms with Gasteiger partial charge in [0, 0.05) is 31.7 Å². The van der Waals surface area contributed by atoms with E-state index in [9.17, 15) is 4.39 Å². The van der Waals surface area contributed by atoms with Crippen LogP contribution in [0.5, 0.6) is 0 Å². The highest BCUT2D eigenvalue weighted by molar-refractivity contribution is 5.32. The first-order valence-corrected chi connectivity index (χ1v) is 7.00. The second kappa shape index (κ2) is 5.77. The monoisotopic (exact) mass is 274 g/mol. The van der Waals surface area contributed by atoms with Crippen LogP contribution in [0.2, 0.25) is 0 Å². The summed E-state index contributed by atoms with van der Waals surface area (Å²) in [6, 6.07) is 8.91. The summed E-state index contributed by atoms with van der Waals surface area (Å²) >= 11 is 0. The lowest BCUT2D eigenvalue weighted by Crippen LogP contribution is -2.45. The molecule has 0 radical (unpaired) electrons. The molecule has 3 rings (SSSR count). The van der Waals surface area contributed by atoms with E-state index in [1.165, 1.54) is 0 Å². The van der Waals surface area contributed by atoms with Gasteiger partial charge >= 0.3 is 0 Å². The molecular formula is C16H19FN2O. The Labute approximate surface area is 118 Å². The largest absolute Gasteiger partial charge is 0.467 e. The topological polar surface area (TPSA) is 28.4 Å². The summed E-state index contributed by atoms with van der Waals surface area (Å²) in [4.78, 5) is 2.27. The molecule has 0 bridgehead atoms. The number of rotatable bonds is 3. The molecule has 0 aliphatic carbocycles. The minimum absolute atomic E-state index is 0.146. The van der Waals surface area contributed by atoms with Crippen molar-refractivity contribution < 1.29 is 8.81 Å². The molecule has 3 nitrogen and oxygen atoms in total. The summed E-state index contributed by atoms with van der Waals surface area (Å²) < 4.78 is 19.9.